The minimum absolute atomic E-state index is 0.263. The van der Waals surface area contributed by atoms with Crippen LogP contribution in [0.4, 0.5) is 0 Å². The van der Waals surface area contributed by atoms with Crippen molar-refractivity contribution in [2.24, 2.45) is 5.16 Å². The molecule has 0 unspecified atom stereocenters. The Morgan fingerprint density at radius 2 is 2.14 bits per heavy atom. The molecular formula is C15H11ClN2O2S. The van der Waals surface area contributed by atoms with E-state index < -0.39 is 0 Å². The van der Waals surface area contributed by atoms with Gasteiger partial charge in [-0.2, -0.15) is 0 Å². The molecule has 6 heteroatoms. The van der Waals surface area contributed by atoms with Crippen LogP contribution in [0.25, 0.3) is 10.8 Å². The molecule has 0 saturated carbocycles. The summed E-state index contributed by atoms with van der Waals surface area (Å²) >= 11 is 7.38. The highest BCUT2D eigenvalue weighted by Gasteiger charge is 2.07. The first-order valence-corrected chi connectivity index (χ1v) is 7.46. The molecule has 0 aliphatic rings. The molecule has 21 heavy (non-hydrogen) atoms. The Morgan fingerprint density at radius 1 is 1.29 bits per heavy atom. The van der Waals surface area contributed by atoms with Gasteiger partial charge in [-0.3, -0.25) is 0 Å². The van der Waals surface area contributed by atoms with Gasteiger partial charge in [0.25, 0.3) is 0 Å². The number of oxime groups is 1. The summed E-state index contributed by atoms with van der Waals surface area (Å²) in [7, 11) is 0. The van der Waals surface area contributed by atoms with Crippen LogP contribution in [0.3, 0.4) is 0 Å². The van der Waals surface area contributed by atoms with Gasteiger partial charge >= 0.3 is 0 Å². The van der Waals surface area contributed by atoms with E-state index in [0.717, 1.165) is 10.4 Å². The monoisotopic (exact) mass is 318 g/mol. The standard InChI is InChI=1S/C15H11ClN2O2S/c16-12-5-3-11(4-6-12)8-17-20-10-13-9-19-15(18-13)14-2-1-7-21-14/h1-9H,10H2/b17-8+. The largest absolute Gasteiger partial charge is 0.443 e. The molecule has 0 bridgehead atoms. The number of thiophene rings is 1. The fourth-order valence-electron chi connectivity index (χ4n) is 1.64. The lowest BCUT2D eigenvalue weighted by atomic mass is 10.2. The van der Waals surface area contributed by atoms with E-state index >= 15 is 0 Å². The van der Waals surface area contributed by atoms with Gasteiger partial charge in [0.1, 0.15) is 12.0 Å². The van der Waals surface area contributed by atoms with Gasteiger partial charge < -0.3 is 9.25 Å². The Labute approximate surface area is 130 Å². The quantitative estimate of drug-likeness (QED) is 0.510. The Kier molecular flexibility index (Phi) is 4.33. The van der Waals surface area contributed by atoms with E-state index in [9.17, 15) is 0 Å². The zero-order valence-electron chi connectivity index (χ0n) is 10.9. The molecule has 0 aliphatic carbocycles. The maximum atomic E-state index is 5.80. The second-order valence-electron chi connectivity index (χ2n) is 4.18. The number of halogens is 1. The van der Waals surface area contributed by atoms with Crippen LogP contribution in [0, 0.1) is 0 Å². The molecule has 0 N–H and O–H groups in total. The highest BCUT2D eigenvalue weighted by molar-refractivity contribution is 7.13. The van der Waals surface area contributed by atoms with E-state index in [0.29, 0.717) is 16.6 Å². The van der Waals surface area contributed by atoms with E-state index in [4.69, 9.17) is 20.9 Å². The summed E-state index contributed by atoms with van der Waals surface area (Å²) in [5, 5.41) is 6.56. The van der Waals surface area contributed by atoms with Gasteiger partial charge in [-0.1, -0.05) is 35.0 Å². The SMILES string of the molecule is Clc1ccc(/C=N/OCc2coc(-c3cccs3)n2)cc1. The molecule has 3 rings (SSSR count). The van der Waals surface area contributed by atoms with Crippen LogP contribution in [0.1, 0.15) is 11.3 Å². The Bertz CT molecular complexity index is 720. The third-order valence-corrected chi connectivity index (χ3v) is 3.75. The molecule has 4 nitrogen and oxygen atoms in total. The van der Waals surface area contributed by atoms with E-state index in [1.54, 1.807) is 35.9 Å². The molecule has 2 heterocycles. The van der Waals surface area contributed by atoms with Gasteiger partial charge in [-0.25, -0.2) is 4.98 Å². The van der Waals surface area contributed by atoms with Crippen LogP contribution in [0.2, 0.25) is 5.02 Å². The molecule has 0 radical (unpaired) electrons. The van der Waals surface area contributed by atoms with Crippen LogP contribution in [0.15, 0.2) is 57.6 Å². The number of nitrogens with zero attached hydrogens (tertiary/aromatic N) is 2. The summed E-state index contributed by atoms with van der Waals surface area (Å²) in [6, 6.07) is 11.2. The van der Waals surface area contributed by atoms with Crippen LogP contribution in [-0.4, -0.2) is 11.2 Å². The van der Waals surface area contributed by atoms with E-state index in [2.05, 4.69) is 10.1 Å². The lowest BCUT2D eigenvalue weighted by Crippen LogP contribution is -1.88. The molecule has 0 spiro atoms. The fraction of sp³-hybridized carbons (Fsp3) is 0.0667. The Balaban J connectivity index is 1.55. The number of aromatic nitrogens is 1. The number of rotatable bonds is 5. The van der Waals surface area contributed by atoms with Crippen LogP contribution in [-0.2, 0) is 11.4 Å². The third-order valence-electron chi connectivity index (χ3n) is 2.64. The summed E-state index contributed by atoms with van der Waals surface area (Å²) < 4.78 is 5.39. The topological polar surface area (TPSA) is 47.6 Å². The zero-order valence-corrected chi connectivity index (χ0v) is 12.5. The summed E-state index contributed by atoms with van der Waals surface area (Å²) in [6.07, 6.45) is 3.20. The van der Waals surface area contributed by atoms with Crippen molar-refractivity contribution in [3.63, 3.8) is 0 Å². The van der Waals surface area contributed by atoms with Gasteiger partial charge in [0.15, 0.2) is 6.61 Å². The number of hydrogen-bond acceptors (Lipinski definition) is 5. The van der Waals surface area contributed by atoms with Crippen molar-refractivity contribution in [3.05, 3.63) is 64.3 Å². The summed E-state index contributed by atoms with van der Waals surface area (Å²) in [6.45, 7) is 0.263. The molecular weight excluding hydrogens is 308 g/mol. The smallest absolute Gasteiger partial charge is 0.236 e. The predicted molar refractivity (Wildman–Crippen MR) is 83.7 cm³/mol. The van der Waals surface area contributed by atoms with Crippen LogP contribution < -0.4 is 0 Å². The molecule has 1 aromatic carbocycles. The molecule has 0 saturated heterocycles. The Morgan fingerprint density at radius 3 is 2.90 bits per heavy atom. The normalized spacial score (nSPS) is 11.1. The van der Waals surface area contributed by atoms with E-state index in [1.807, 2.05) is 29.6 Å². The first kappa shape index (κ1) is 13.9. The first-order valence-electron chi connectivity index (χ1n) is 6.20. The van der Waals surface area contributed by atoms with Crippen molar-refractivity contribution in [1.82, 2.24) is 4.98 Å². The summed E-state index contributed by atoms with van der Waals surface area (Å²) in [5.41, 5.74) is 1.62. The van der Waals surface area contributed by atoms with E-state index in [1.165, 1.54) is 0 Å². The lowest BCUT2D eigenvalue weighted by Gasteiger charge is -1.95. The minimum Gasteiger partial charge on any atom is -0.443 e. The molecule has 0 aliphatic heterocycles. The average molecular weight is 319 g/mol. The number of hydrogen-bond donors (Lipinski definition) is 0. The van der Waals surface area contributed by atoms with Crippen molar-refractivity contribution in [2.75, 3.05) is 0 Å². The third kappa shape index (κ3) is 3.71. The number of benzene rings is 1. The van der Waals surface area contributed by atoms with Crippen molar-refractivity contribution < 1.29 is 9.25 Å². The van der Waals surface area contributed by atoms with Crippen molar-refractivity contribution in [2.45, 2.75) is 6.61 Å². The highest BCUT2D eigenvalue weighted by atomic mass is 35.5. The highest BCUT2D eigenvalue weighted by Crippen LogP contribution is 2.23. The van der Waals surface area contributed by atoms with Gasteiger partial charge in [0.05, 0.1) is 11.1 Å². The summed E-state index contributed by atoms with van der Waals surface area (Å²) in [5.74, 6) is 0.602. The average Bonchev–Trinajstić information content (AvgIpc) is 3.16. The minimum atomic E-state index is 0.263. The fourth-order valence-corrected chi connectivity index (χ4v) is 2.42. The van der Waals surface area contributed by atoms with Crippen molar-refractivity contribution in [3.8, 4) is 10.8 Å². The van der Waals surface area contributed by atoms with Gasteiger partial charge in [-0.05, 0) is 29.1 Å². The summed E-state index contributed by atoms with van der Waals surface area (Å²) in [4.78, 5) is 10.5. The first-order chi connectivity index (χ1) is 10.3. The molecule has 2 aromatic heterocycles. The molecule has 0 fully saturated rings. The predicted octanol–water partition coefficient (Wildman–Crippen LogP) is 4.61. The van der Waals surface area contributed by atoms with Crippen molar-refractivity contribution >= 4 is 29.2 Å². The lowest BCUT2D eigenvalue weighted by molar-refractivity contribution is 0.129. The second-order valence-corrected chi connectivity index (χ2v) is 5.56. The van der Waals surface area contributed by atoms with Gasteiger partial charge in [-0.15, -0.1) is 11.3 Å². The maximum absolute atomic E-state index is 5.80. The van der Waals surface area contributed by atoms with Gasteiger partial charge in [0, 0.05) is 5.02 Å². The molecule has 106 valence electrons. The number of oxazole rings is 1. The molecule has 0 amide bonds. The second kappa shape index (κ2) is 6.56. The van der Waals surface area contributed by atoms with E-state index in [-0.39, 0.29) is 6.61 Å². The Hall–Kier alpha value is -2.11. The molecule has 0 atom stereocenters. The zero-order chi connectivity index (χ0) is 14.5. The van der Waals surface area contributed by atoms with Crippen molar-refractivity contribution in [1.29, 1.82) is 0 Å². The van der Waals surface area contributed by atoms with Crippen LogP contribution >= 0.6 is 22.9 Å². The van der Waals surface area contributed by atoms with Crippen LogP contribution in [0.5, 0.6) is 0 Å². The molecule has 3 aromatic rings. The maximum Gasteiger partial charge on any atom is 0.236 e. The van der Waals surface area contributed by atoms with Gasteiger partial charge in [0.2, 0.25) is 5.89 Å².